The summed E-state index contributed by atoms with van der Waals surface area (Å²) in [4.78, 5) is 16.1. The molecule has 1 aromatic carbocycles. The van der Waals surface area contributed by atoms with Gasteiger partial charge >= 0.3 is 6.03 Å². The zero-order chi connectivity index (χ0) is 17.6. The maximum Gasteiger partial charge on any atom is 0.319 e. The third kappa shape index (κ3) is 5.66. The molecule has 24 heavy (non-hydrogen) atoms. The summed E-state index contributed by atoms with van der Waals surface area (Å²) in [6, 6.07) is 7.32. The van der Waals surface area contributed by atoms with Crippen LogP contribution in [0, 0.1) is 5.41 Å². The van der Waals surface area contributed by atoms with E-state index >= 15 is 0 Å². The lowest BCUT2D eigenvalue weighted by Crippen LogP contribution is -2.38. The van der Waals surface area contributed by atoms with E-state index in [2.05, 4.69) is 20.7 Å². The Morgan fingerprint density at radius 1 is 1.38 bits per heavy atom. The van der Waals surface area contributed by atoms with Crippen molar-refractivity contribution in [2.24, 2.45) is 5.41 Å². The van der Waals surface area contributed by atoms with E-state index in [0.29, 0.717) is 19.5 Å². The molecule has 0 spiro atoms. The molecule has 0 saturated heterocycles. The molecule has 0 aliphatic rings. The summed E-state index contributed by atoms with van der Waals surface area (Å²) in [6.45, 7) is 6.79. The van der Waals surface area contributed by atoms with E-state index in [4.69, 9.17) is 0 Å². The Morgan fingerprint density at radius 3 is 2.79 bits per heavy atom. The number of carbonyl (C=O) groups excluding carboxylic acids is 1. The predicted molar refractivity (Wildman–Crippen MR) is 92.7 cm³/mol. The molecule has 1 aromatic heterocycles. The molecule has 7 nitrogen and oxygen atoms in total. The van der Waals surface area contributed by atoms with Gasteiger partial charge in [0, 0.05) is 12.2 Å². The number of benzene rings is 1. The van der Waals surface area contributed by atoms with Crippen molar-refractivity contribution in [3.05, 3.63) is 42.5 Å². The summed E-state index contributed by atoms with van der Waals surface area (Å²) in [6.07, 6.45) is 3.34. The average molecular weight is 331 g/mol. The standard InChI is InChI=1S/C17H25N5O2/c1-13(23)8-17(2,3)10-19-16(24)21-15-7-5-4-6-14(15)9-22-12-18-11-20-22/h4-7,11-13,23H,8-10H2,1-3H3,(H2,19,21,24). The van der Waals surface area contributed by atoms with Crippen LogP contribution in [0.3, 0.4) is 0 Å². The molecular weight excluding hydrogens is 306 g/mol. The largest absolute Gasteiger partial charge is 0.393 e. The predicted octanol–water partition coefficient (Wildman–Crippen LogP) is 2.25. The highest BCUT2D eigenvalue weighted by atomic mass is 16.3. The van der Waals surface area contributed by atoms with Gasteiger partial charge in [-0.2, -0.15) is 5.10 Å². The van der Waals surface area contributed by atoms with Crippen molar-refractivity contribution in [1.82, 2.24) is 20.1 Å². The zero-order valence-corrected chi connectivity index (χ0v) is 14.4. The van der Waals surface area contributed by atoms with E-state index in [1.165, 1.54) is 6.33 Å². The average Bonchev–Trinajstić information content (AvgIpc) is 2.99. The molecule has 7 heteroatoms. The number of urea groups is 1. The number of carbonyl (C=O) groups is 1. The second-order valence-electron chi connectivity index (χ2n) is 6.78. The minimum absolute atomic E-state index is 0.175. The minimum Gasteiger partial charge on any atom is -0.393 e. The molecule has 3 N–H and O–H groups in total. The highest BCUT2D eigenvalue weighted by Crippen LogP contribution is 2.21. The van der Waals surface area contributed by atoms with Crippen LogP contribution in [0.25, 0.3) is 0 Å². The lowest BCUT2D eigenvalue weighted by atomic mass is 9.87. The fourth-order valence-electron chi connectivity index (χ4n) is 2.63. The maximum atomic E-state index is 12.2. The van der Waals surface area contributed by atoms with Gasteiger partial charge in [0.25, 0.3) is 0 Å². The van der Waals surface area contributed by atoms with E-state index in [1.807, 2.05) is 38.1 Å². The summed E-state index contributed by atoms with van der Waals surface area (Å²) >= 11 is 0. The van der Waals surface area contributed by atoms with Crippen LogP contribution in [0.15, 0.2) is 36.9 Å². The molecule has 130 valence electrons. The molecule has 1 atom stereocenters. The Morgan fingerprint density at radius 2 is 2.12 bits per heavy atom. The van der Waals surface area contributed by atoms with Crippen molar-refractivity contribution in [3.63, 3.8) is 0 Å². The number of rotatable bonds is 7. The van der Waals surface area contributed by atoms with E-state index < -0.39 is 6.10 Å². The SMILES string of the molecule is CC(O)CC(C)(C)CNC(=O)Nc1ccccc1Cn1cncn1. The summed E-state index contributed by atoms with van der Waals surface area (Å²) in [5.74, 6) is 0. The van der Waals surface area contributed by atoms with Crippen molar-refractivity contribution in [2.45, 2.75) is 39.8 Å². The summed E-state index contributed by atoms with van der Waals surface area (Å²) in [5, 5.41) is 19.3. The fraction of sp³-hybridized carbons (Fsp3) is 0.471. The van der Waals surface area contributed by atoms with Crippen molar-refractivity contribution >= 4 is 11.7 Å². The number of nitrogens with zero attached hydrogens (tertiary/aromatic N) is 3. The lowest BCUT2D eigenvalue weighted by Gasteiger charge is -2.26. The maximum absolute atomic E-state index is 12.2. The number of anilines is 1. The number of aliphatic hydroxyl groups excluding tert-OH is 1. The number of aliphatic hydroxyl groups is 1. The highest BCUT2D eigenvalue weighted by molar-refractivity contribution is 5.90. The zero-order valence-electron chi connectivity index (χ0n) is 14.4. The highest BCUT2D eigenvalue weighted by Gasteiger charge is 2.21. The fourth-order valence-corrected chi connectivity index (χ4v) is 2.63. The Balaban J connectivity index is 1.94. The first-order valence-corrected chi connectivity index (χ1v) is 7.99. The van der Waals surface area contributed by atoms with Gasteiger partial charge in [-0.1, -0.05) is 32.0 Å². The van der Waals surface area contributed by atoms with Gasteiger partial charge in [0.2, 0.25) is 0 Å². The van der Waals surface area contributed by atoms with Crippen molar-refractivity contribution in [3.8, 4) is 0 Å². The molecule has 0 bridgehead atoms. The Labute approximate surface area is 142 Å². The first-order chi connectivity index (χ1) is 11.4. The van der Waals surface area contributed by atoms with Crippen LogP contribution < -0.4 is 10.6 Å². The van der Waals surface area contributed by atoms with Crippen LogP contribution in [0.4, 0.5) is 10.5 Å². The molecule has 1 unspecified atom stereocenters. The molecule has 0 radical (unpaired) electrons. The Bertz CT molecular complexity index is 653. The quantitative estimate of drug-likeness (QED) is 0.725. The van der Waals surface area contributed by atoms with Crippen LogP contribution in [0.5, 0.6) is 0 Å². The molecule has 2 amide bonds. The number of hydrogen-bond acceptors (Lipinski definition) is 4. The smallest absolute Gasteiger partial charge is 0.319 e. The molecule has 0 fully saturated rings. The van der Waals surface area contributed by atoms with Gasteiger partial charge < -0.3 is 15.7 Å². The van der Waals surface area contributed by atoms with Crippen LogP contribution in [0.1, 0.15) is 32.8 Å². The first-order valence-electron chi connectivity index (χ1n) is 7.99. The van der Waals surface area contributed by atoms with E-state index in [-0.39, 0.29) is 11.4 Å². The number of amides is 2. The van der Waals surface area contributed by atoms with Crippen LogP contribution in [0.2, 0.25) is 0 Å². The second-order valence-corrected chi connectivity index (χ2v) is 6.78. The molecule has 2 aromatic rings. The molecule has 2 rings (SSSR count). The Kier molecular flexibility index (Phi) is 5.92. The molecule has 0 saturated carbocycles. The third-order valence-corrected chi connectivity index (χ3v) is 3.64. The summed E-state index contributed by atoms with van der Waals surface area (Å²) in [5.41, 5.74) is 1.51. The summed E-state index contributed by atoms with van der Waals surface area (Å²) < 4.78 is 1.70. The topological polar surface area (TPSA) is 92.1 Å². The molecule has 1 heterocycles. The van der Waals surface area contributed by atoms with E-state index in [9.17, 15) is 9.90 Å². The number of nitrogens with one attached hydrogen (secondary N) is 2. The van der Waals surface area contributed by atoms with Gasteiger partial charge in [0.15, 0.2) is 0 Å². The lowest BCUT2D eigenvalue weighted by molar-refractivity contribution is 0.129. The molecular formula is C17H25N5O2. The van der Waals surface area contributed by atoms with Crippen molar-refractivity contribution in [2.75, 3.05) is 11.9 Å². The van der Waals surface area contributed by atoms with Crippen LogP contribution in [-0.4, -0.2) is 38.6 Å². The van der Waals surface area contributed by atoms with Crippen molar-refractivity contribution < 1.29 is 9.90 Å². The van der Waals surface area contributed by atoms with E-state index in [0.717, 1.165) is 11.3 Å². The Hall–Kier alpha value is -2.41. The van der Waals surface area contributed by atoms with E-state index in [1.54, 1.807) is 17.9 Å². The number of aromatic nitrogens is 3. The van der Waals surface area contributed by atoms with Gasteiger partial charge in [-0.15, -0.1) is 0 Å². The first kappa shape index (κ1) is 17.9. The normalized spacial score (nSPS) is 12.7. The van der Waals surface area contributed by atoms with Crippen LogP contribution in [-0.2, 0) is 6.54 Å². The monoisotopic (exact) mass is 331 g/mol. The van der Waals surface area contributed by atoms with Gasteiger partial charge in [-0.25, -0.2) is 14.5 Å². The van der Waals surface area contributed by atoms with Gasteiger partial charge in [0.05, 0.1) is 12.6 Å². The summed E-state index contributed by atoms with van der Waals surface area (Å²) in [7, 11) is 0. The molecule has 0 aliphatic carbocycles. The van der Waals surface area contributed by atoms with Gasteiger partial charge in [-0.3, -0.25) is 0 Å². The van der Waals surface area contributed by atoms with Gasteiger partial charge in [0.1, 0.15) is 12.7 Å². The second kappa shape index (κ2) is 7.92. The third-order valence-electron chi connectivity index (χ3n) is 3.64. The van der Waals surface area contributed by atoms with Crippen LogP contribution >= 0.6 is 0 Å². The number of para-hydroxylation sites is 1. The van der Waals surface area contributed by atoms with Crippen molar-refractivity contribution in [1.29, 1.82) is 0 Å². The number of hydrogen-bond donors (Lipinski definition) is 3. The van der Waals surface area contributed by atoms with Gasteiger partial charge in [-0.05, 0) is 30.4 Å². The molecule has 0 aliphatic heterocycles. The minimum atomic E-state index is -0.395.